The van der Waals surface area contributed by atoms with Gasteiger partial charge in [-0.1, -0.05) is 23.2 Å². The maximum absolute atomic E-state index is 13.1. The summed E-state index contributed by atoms with van der Waals surface area (Å²) in [5, 5.41) is 13.4. The lowest BCUT2D eigenvalue weighted by Gasteiger charge is -2.11. The van der Waals surface area contributed by atoms with E-state index in [4.69, 9.17) is 34.8 Å². The molecule has 0 unspecified atom stereocenters. The van der Waals surface area contributed by atoms with Crippen molar-refractivity contribution in [2.75, 3.05) is 5.32 Å². The van der Waals surface area contributed by atoms with Crippen molar-refractivity contribution in [2.45, 2.75) is 6.92 Å². The Hall–Kier alpha value is -1.70. The molecule has 0 saturated heterocycles. The van der Waals surface area contributed by atoms with Crippen molar-refractivity contribution in [1.82, 2.24) is 9.97 Å². The summed E-state index contributed by atoms with van der Waals surface area (Å²) in [5.74, 6) is -0.824. The summed E-state index contributed by atoms with van der Waals surface area (Å²) in [6.07, 6.45) is 0. The molecule has 0 amide bonds. The predicted molar refractivity (Wildman–Crippen MR) is 78.1 cm³/mol. The van der Waals surface area contributed by atoms with Gasteiger partial charge in [0.05, 0.1) is 20.7 Å². The zero-order chi connectivity index (χ0) is 15.7. The van der Waals surface area contributed by atoms with Gasteiger partial charge >= 0.3 is 5.69 Å². The first-order valence-electron chi connectivity index (χ1n) is 5.39. The van der Waals surface area contributed by atoms with Gasteiger partial charge < -0.3 is 5.32 Å². The Morgan fingerprint density at radius 2 is 1.81 bits per heavy atom. The third-order valence-corrected chi connectivity index (χ3v) is 3.23. The highest BCUT2D eigenvalue weighted by molar-refractivity contribution is 6.39. The van der Waals surface area contributed by atoms with Crippen LogP contribution in [-0.4, -0.2) is 14.9 Å². The molecule has 10 heteroatoms. The van der Waals surface area contributed by atoms with E-state index in [2.05, 4.69) is 15.3 Å². The summed E-state index contributed by atoms with van der Waals surface area (Å²) in [6.45, 7) is 1.41. The number of halogens is 4. The molecule has 6 nitrogen and oxygen atoms in total. The standard InChI is InChI=1S/C11H6Cl3FN4O2/c1-4-9(19(20)21)10(18-11(14)16-4)17-8-6(12)2-5(15)3-7(8)13/h2-3H,1H3,(H,16,17,18). The Balaban J connectivity index is 2.57. The fourth-order valence-corrected chi connectivity index (χ4v) is 2.38. The highest BCUT2D eigenvalue weighted by Gasteiger charge is 2.23. The molecule has 0 saturated carbocycles. The number of nitrogens with one attached hydrogen (secondary N) is 1. The van der Waals surface area contributed by atoms with Gasteiger partial charge in [-0.2, -0.15) is 4.98 Å². The summed E-state index contributed by atoms with van der Waals surface area (Å²) < 4.78 is 13.1. The van der Waals surface area contributed by atoms with E-state index in [-0.39, 0.29) is 38.2 Å². The van der Waals surface area contributed by atoms with Gasteiger partial charge in [0, 0.05) is 0 Å². The summed E-state index contributed by atoms with van der Waals surface area (Å²) in [6, 6.07) is 2.02. The Morgan fingerprint density at radius 3 is 2.33 bits per heavy atom. The van der Waals surface area contributed by atoms with E-state index in [0.29, 0.717) is 0 Å². The van der Waals surface area contributed by atoms with Crippen molar-refractivity contribution in [3.05, 3.63) is 49.1 Å². The lowest BCUT2D eigenvalue weighted by Crippen LogP contribution is -2.05. The van der Waals surface area contributed by atoms with Crippen molar-refractivity contribution in [3.63, 3.8) is 0 Å². The maximum Gasteiger partial charge on any atom is 0.332 e. The van der Waals surface area contributed by atoms with Crippen molar-refractivity contribution >= 4 is 52.0 Å². The lowest BCUT2D eigenvalue weighted by atomic mass is 10.3. The SMILES string of the molecule is Cc1nc(Cl)nc(Nc2c(Cl)cc(F)cc2Cl)c1[N+](=O)[O-]. The van der Waals surface area contributed by atoms with Crippen LogP contribution in [0, 0.1) is 22.9 Å². The number of anilines is 2. The van der Waals surface area contributed by atoms with E-state index < -0.39 is 10.7 Å². The average molecular weight is 352 g/mol. The molecule has 110 valence electrons. The normalized spacial score (nSPS) is 10.5. The number of aromatic nitrogens is 2. The van der Waals surface area contributed by atoms with Crippen LogP contribution < -0.4 is 5.32 Å². The van der Waals surface area contributed by atoms with Crippen molar-refractivity contribution in [3.8, 4) is 0 Å². The minimum atomic E-state index is -0.667. The van der Waals surface area contributed by atoms with Crippen LogP contribution in [0.3, 0.4) is 0 Å². The molecule has 1 N–H and O–H groups in total. The van der Waals surface area contributed by atoms with E-state index >= 15 is 0 Å². The van der Waals surface area contributed by atoms with Crippen LogP contribution in [0.2, 0.25) is 15.3 Å². The molecule has 21 heavy (non-hydrogen) atoms. The fraction of sp³-hybridized carbons (Fsp3) is 0.0909. The molecular formula is C11H6Cl3FN4O2. The summed E-state index contributed by atoms with van der Waals surface area (Å²) >= 11 is 17.4. The van der Waals surface area contributed by atoms with Crippen LogP contribution in [0.5, 0.6) is 0 Å². The lowest BCUT2D eigenvalue weighted by molar-refractivity contribution is -0.385. The predicted octanol–water partition coefficient (Wildman–Crippen LogP) is 4.54. The summed E-state index contributed by atoms with van der Waals surface area (Å²) in [4.78, 5) is 17.9. The average Bonchev–Trinajstić information content (AvgIpc) is 2.32. The van der Waals surface area contributed by atoms with E-state index in [1.807, 2.05) is 0 Å². The smallest absolute Gasteiger partial charge is 0.332 e. The molecule has 1 aromatic carbocycles. The number of nitro groups is 1. The topological polar surface area (TPSA) is 81.0 Å². The molecule has 0 atom stereocenters. The Kier molecular flexibility index (Phi) is 4.46. The van der Waals surface area contributed by atoms with Crippen molar-refractivity contribution in [2.24, 2.45) is 0 Å². The molecule has 0 radical (unpaired) electrons. The third-order valence-electron chi connectivity index (χ3n) is 2.46. The first kappa shape index (κ1) is 15.7. The number of aryl methyl sites for hydroxylation is 1. The minimum Gasteiger partial charge on any atom is -0.332 e. The second kappa shape index (κ2) is 5.97. The Labute approximate surface area is 133 Å². The van der Waals surface area contributed by atoms with Crippen LogP contribution >= 0.6 is 34.8 Å². The van der Waals surface area contributed by atoms with E-state index in [0.717, 1.165) is 12.1 Å². The molecule has 0 spiro atoms. The van der Waals surface area contributed by atoms with Crippen LogP contribution in [0.15, 0.2) is 12.1 Å². The highest BCUT2D eigenvalue weighted by Crippen LogP contribution is 2.36. The number of hydrogen-bond acceptors (Lipinski definition) is 5. The number of benzene rings is 1. The molecule has 0 aliphatic rings. The van der Waals surface area contributed by atoms with Crippen molar-refractivity contribution in [1.29, 1.82) is 0 Å². The first-order chi connectivity index (χ1) is 9.79. The summed E-state index contributed by atoms with van der Waals surface area (Å²) in [5.41, 5.74) is -0.232. The van der Waals surface area contributed by atoms with Gasteiger partial charge in [0.2, 0.25) is 11.1 Å². The zero-order valence-electron chi connectivity index (χ0n) is 10.3. The molecular weight excluding hydrogens is 346 g/mol. The van der Waals surface area contributed by atoms with E-state index in [1.54, 1.807) is 0 Å². The van der Waals surface area contributed by atoms with Gasteiger partial charge in [0.1, 0.15) is 11.5 Å². The van der Waals surface area contributed by atoms with Crippen LogP contribution in [-0.2, 0) is 0 Å². The zero-order valence-corrected chi connectivity index (χ0v) is 12.6. The minimum absolute atomic E-state index is 0.0540. The first-order valence-corrected chi connectivity index (χ1v) is 6.53. The van der Waals surface area contributed by atoms with Gasteiger partial charge in [-0.25, -0.2) is 9.37 Å². The molecule has 0 bridgehead atoms. The van der Waals surface area contributed by atoms with Crippen LogP contribution in [0.1, 0.15) is 5.69 Å². The molecule has 2 rings (SSSR count). The Morgan fingerprint density at radius 1 is 1.24 bits per heavy atom. The molecule has 2 aromatic rings. The van der Waals surface area contributed by atoms with Gasteiger partial charge in [0.15, 0.2) is 0 Å². The molecule has 1 heterocycles. The van der Waals surface area contributed by atoms with Gasteiger partial charge in [0.25, 0.3) is 0 Å². The van der Waals surface area contributed by atoms with Crippen LogP contribution in [0.4, 0.5) is 21.6 Å². The van der Waals surface area contributed by atoms with Crippen LogP contribution in [0.25, 0.3) is 0 Å². The quantitative estimate of drug-likeness (QED) is 0.499. The van der Waals surface area contributed by atoms with E-state index in [1.165, 1.54) is 6.92 Å². The summed E-state index contributed by atoms with van der Waals surface area (Å²) in [7, 11) is 0. The van der Waals surface area contributed by atoms with Gasteiger partial charge in [-0.05, 0) is 30.7 Å². The molecule has 0 fully saturated rings. The fourth-order valence-electron chi connectivity index (χ4n) is 1.62. The third kappa shape index (κ3) is 3.31. The van der Waals surface area contributed by atoms with Gasteiger partial charge in [-0.3, -0.25) is 10.1 Å². The number of hydrogen-bond donors (Lipinski definition) is 1. The maximum atomic E-state index is 13.1. The van der Waals surface area contributed by atoms with Crippen molar-refractivity contribution < 1.29 is 9.31 Å². The largest absolute Gasteiger partial charge is 0.332 e. The Bertz CT molecular complexity index is 719. The van der Waals surface area contributed by atoms with E-state index in [9.17, 15) is 14.5 Å². The molecule has 0 aliphatic heterocycles. The second-order valence-electron chi connectivity index (χ2n) is 3.90. The monoisotopic (exact) mass is 350 g/mol. The van der Waals surface area contributed by atoms with Gasteiger partial charge in [-0.15, -0.1) is 0 Å². The molecule has 1 aromatic heterocycles. The molecule has 0 aliphatic carbocycles. The second-order valence-corrected chi connectivity index (χ2v) is 5.05. The number of nitrogens with zero attached hydrogens (tertiary/aromatic N) is 3. The number of rotatable bonds is 3. The highest BCUT2D eigenvalue weighted by atomic mass is 35.5.